The highest BCUT2D eigenvalue weighted by molar-refractivity contribution is 7.89. The van der Waals surface area contributed by atoms with Crippen LogP contribution in [0, 0.1) is 6.92 Å². The van der Waals surface area contributed by atoms with E-state index in [4.69, 9.17) is 4.74 Å². The van der Waals surface area contributed by atoms with Gasteiger partial charge in [0, 0.05) is 44.0 Å². The van der Waals surface area contributed by atoms with E-state index >= 15 is 0 Å². The van der Waals surface area contributed by atoms with E-state index < -0.39 is 10.0 Å². The summed E-state index contributed by atoms with van der Waals surface area (Å²) in [5, 5.41) is 2.89. The molecule has 3 aromatic rings. The standard InChI is InChI=1S/C28H31N3O4S/c1-3-20-35-26-12-10-25(11-13-26)29-28(32)24-8-6-23(7-9-24)21-30-16-18-31(19-17-30)36(33,34)27-14-4-22(2)5-15-27/h3-15H,1,16-21H2,2H3,(H,29,32). The second kappa shape index (κ2) is 11.5. The van der Waals surface area contributed by atoms with Gasteiger partial charge in [-0.25, -0.2) is 8.42 Å². The normalized spacial score (nSPS) is 14.8. The molecule has 0 aromatic heterocycles. The molecule has 4 rings (SSSR count). The van der Waals surface area contributed by atoms with Crippen LogP contribution >= 0.6 is 0 Å². The fourth-order valence-electron chi connectivity index (χ4n) is 4.00. The van der Waals surface area contributed by atoms with Crippen LogP contribution in [-0.4, -0.2) is 56.3 Å². The molecule has 1 aliphatic heterocycles. The smallest absolute Gasteiger partial charge is 0.255 e. The van der Waals surface area contributed by atoms with Gasteiger partial charge >= 0.3 is 0 Å². The maximum absolute atomic E-state index is 12.9. The minimum atomic E-state index is -3.47. The first-order valence-corrected chi connectivity index (χ1v) is 13.3. The molecule has 1 heterocycles. The highest BCUT2D eigenvalue weighted by atomic mass is 32.2. The van der Waals surface area contributed by atoms with Crippen molar-refractivity contribution in [1.82, 2.24) is 9.21 Å². The van der Waals surface area contributed by atoms with Crippen molar-refractivity contribution in [3.05, 3.63) is 102 Å². The Morgan fingerprint density at radius 1 is 0.944 bits per heavy atom. The lowest BCUT2D eigenvalue weighted by Crippen LogP contribution is -2.48. The summed E-state index contributed by atoms with van der Waals surface area (Å²) < 4.78 is 32.8. The van der Waals surface area contributed by atoms with Crippen LogP contribution < -0.4 is 10.1 Å². The maximum Gasteiger partial charge on any atom is 0.255 e. The first-order valence-electron chi connectivity index (χ1n) is 11.9. The number of aryl methyl sites for hydroxylation is 1. The predicted octanol–water partition coefficient (Wildman–Crippen LogP) is 4.32. The number of hydrogen-bond acceptors (Lipinski definition) is 5. The number of amides is 1. The van der Waals surface area contributed by atoms with Crippen LogP contribution in [-0.2, 0) is 16.6 Å². The molecular weight excluding hydrogens is 474 g/mol. The summed E-state index contributed by atoms with van der Waals surface area (Å²) in [5.41, 5.74) is 3.37. The number of carbonyl (C=O) groups is 1. The van der Waals surface area contributed by atoms with Crippen molar-refractivity contribution in [2.45, 2.75) is 18.4 Å². The van der Waals surface area contributed by atoms with E-state index in [0.717, 1.165) is 11.1 Å². The van der Waals surface area contributed by atoms with Gasteiger partial charge in [-0.2, -0.15) is 4.31 Å². The van der Waals surface area contributed by atoms with Crippen molar-refractivity contribution >= 4 is 21.6 Å². The lowest BCUT2D eigenvalue weighted by molar-refractivity contribution is 0.102. The lowest BCUT2D eigenvalue weighted by Gasteiger charge is -2.34. The summed E-state index contributed by atoms with van der Waals surface area (Å²) in [6, 6.07) is 21.7. The van der Waals surface area contributed by atoms with E-state index in [2.05, 4.69) is 16.8 Å². The molecule has 1 N–H and O–H groups in total. The van der Waals surface area contributed by atoms with Crippen LogP contribution in [0.4, 0.5) is 5.69 Å². The molecule has 0 spiro atoms. The number of nitrogens with zero attached hydrogens (tertiary/aromatic N) is 2. The van der Waals surface area contributed by atoms with Crippen LogP contribution in [0.3, 0.4) is 0 Å². The zero-order valence-corrected chi connectivity index (χ0v) is 21.2. The molecule has 0 radical (unpaired) electrons. The molecule has 36 heavy (non-hydrogen) atoms. The van der Waals surface area contributed by atoms with Crippen molar-refractivity contribution in [3.8, 4) is 5.75 Å². The number of anilines is 1. The number of nitrogens with one attached hydrogen (secondary N) is 1. The molecule has 1 amide bonds. The molecule has 7 nitrogen and oxygen atoms in total. The number of ether oxygens (including phenoxy) is 1. The Balaban J connectivity index is 1.28. The molecule has 1 aliphatic rings. The second-order valence-corrected chi connectivity index (χ2v) is 10.7. The number of benzene rings is 3. The van der Waals surface area contributed by atoms with Crippen LogP contribution in [0.15, 0.2) is 90.3 Å². The summed E-state index contributed by atoms with van der Waals surface area (Å²) in [5.74, 6) is 0.530. The van der Waals surface area contributed by atoms with Gasteiger partial charge in [-0.05, 0) is 61.0 Å². The third-order valence-electron chi connectivity index (χ3n) is 6.09. The Kier molecular flexibility index (Phi) is 8.20. The van der Waals surface area contributed by atoms with E-state index in [9.17, 15) is 13.2 Å². The first kappa shape index (κ1) is 25.6. The average Bonchev–Trinajstić information content (AvgIpc) is 2.89. The van der Waals surface area contributed by atoms with Crippen molar-refractivity contribution in [2.24, 2.45) is 0 Å². The summed E-state index contributed by atoms with van der Waals surface area (Å²) in [6.07, 6.45) is 1.68. The average molecular weight is 506 g/mol. The third kappa shape index (κ3) is 6.40. The zero-order chi connectivity index (χ0) is 25.5. The Morgan fingerprint density at radius 3 is 2.19 bits per heavy atom. The lowest BCUT2D eigenvalue weighted by atomic mass is 10.1. The molecule has 188 valence electrons. The van der Waals surface area contributed by atoms with Crippen LogP contribution in [0.5, 0.6) is 5.75 Å². The summed E-state index contributed by atoms with van der Waals surface area (Å²) in [4.78, 5) is 15.2. The molecule has 1 saturated heterocycles. The van der Waals surface area contributed by atoms with Gasteiger partial charge in [-0.1, -0.05) is 42.5 Å². The topological polar surface area (TPSA) is 79.0 Å². The summed E-state index contributed by atoms with van der Waals surface area (Å²) in [6.45, 7) is 8.90. The maximum atomic E-state index is 12.9. The van der Waals surface area contributed by atoms with Crippen molar-refractivity contribution < 1.29 is 17.9 Å². The van der Waals surface area contributed by atoms with Crippen molar-refractivity contribution in [1.29, 1.82) is 0 Å². The van der Waals surface area contributed by atoms with Gasteiger partial charge in [0.2, 0.25) is 10.0 Å². The predicted molar refractivity (Wildman–Crippen MR) is 142 cm³/mol. The Labute approximate surface area is 213 Å². The SMILES string of the molecule is C=CCOc1ccc(NC(=O)c2ccc(CN3CCN(S(=O)(=O)c4ccc(C)cc4)CC3)cc2)cc1. The molecule has 0 bridgehead atoms. The van der Waals surface area contributed by atoms with E-state index in [0.29, 0.717) is 61.2 Å². The number of hydrogen-bond donors (Lipinski definition) is 1. The molecule has 3 aromatic carbocycles. The van der Waals surface area contributed by atoms with Gasteiger partial charge in [-0.3, -0.25) is 9.69 Å². The number of sulfonamides is 1. The van der Waals surface area contributed by atoms with E-state index in [1.54, 1.807) is 46.8 Å². The molecule has 0 saturated carbocycles. The van der Waals surface area contributed by atoms with Gasteiger partial charge in [0.25, 0.3) is 5.91 Å². The quantitative estimate of drug-likeness (QED) is 0.438. The van der Waals surface area contributed by atoms with Gasteiger partial charge in [0.05, 0.1) is 4.90 Å². The molecule has 0 aliphatic carbocycles. The van der Waals surface area contributed by atoms with E-state index in [1.807, 2.05) is 43.3 Å². The van der Waals surface area contributed by atoms with E-state index in [1.165, 1.54) is 0 Å². The molecule has 0 unspecified atom stereocenters. The Bertz CT molecular complexity index is 1280. The fourth-order valence-corrected chi connectivity index (χ4v) is 5.42. The van der Waals surface area contributed by atoms with Crippen LogP contribution in [0.25, 0.3) is 0 Å². The monoisotopic (exact) mass is 505 g/mol. The molecular formula is C28H31N3O4S. The highest BCUT2D eigenvalue weighted by Crippen LogP contribution is 2.20. The molecule has 1 fully saturated rings. The van der Waals surface area contributed by atoms with Crippen molar-refractivity contribution in [3.63, 3.8) is 0 Å². The minimum Gasteiger partial charge on any atom is -0.490 e. The third-order valence-corrected chi connectivity index (χ3v) is 8.01. The second-order valence-electron chi connectivity index (χ2n) is 8.77. The Hall–Kier alpha value is -3.46. The van der Waals surface area contributed by atoms with E-state index in [-0.39, 0.29) is 5.91 Å². The van der Waals surface area contributed by atoms with Gasteiger partial charge in [0.15, 0.2) is 0 Å². The minimum absolute atomic E-state index is 0.184. The van der Waals surface area contributed by atoms with Crippen LogP contribution in [0.2, 0.25) is 0 Å². The highest BCUT2D eigenvalue weighted by Gasteiger charge is 2.28. The largest absolute Gasteiger partial charge is 0.490 e. The van der Waals surface area contributed by atoms with Gasteiger partial charge < -0.3 is 10.1 Å². The number of carbonyl (C=O) groups excluding carboxylic acids is 1. The number of piperazine rings is 1. The molecule has 0 atom stereocenters. The van der Waals surface area contributed by atoms with Crippen LogP contribution in [0.1, 0.15) is 21.5 Å². The zero-order valence-electron chi connectivity index (χ0n) is 20.4. The molecule has 8 heteroatoms. The van der Waals surface area contributed by atoms with Crippen molar-refractivity contribution in [2.75, 3.05) is 38.1 Å². The Morgan fingerprint density at radius 2 is 1.58 bits per heavy atom. The fraction of sp³-hybridized carbons (Fsp3) is 0.250. The van der Waals surface area contributed by atoms with Gasteiger partial charge in [-0.15, -0.1) is 0 Å². The number of rotatable bonds is 9. The summed E-state index contributed by atoms with van der Waals surface area (Å²) in [7, 11) is -3.47. The van der Waals surface area contributed by atoms with Gasteiger partial charge in [0.1, 0.15) is 12.4 Å². The summed E-state index contributed by atoms with van der Waals surface area (Å²) >= 11 is 0. The first-order chi connectivity index (χ1) is 17.3.